The minimum Gasteiger partial charge on any atom is -0.392 e. The lowest BCUT2D eigenvalue weighted by Crippen LogP contribution is -1.77. The van der Waals surface area contributed by atoms with Gasteiger partial charge < -0.3 is 5.11 Å². The van der Waals surface area contributed by atoms with Crippen molar-refractivity contribution in [1.82, 2.24) is 0 Å². The molecule has 0 unspecified atom stereocenters. The topological polar surface area (TPSA) is 20.2 Å². The summed E-state index contributed by atoms with van der Waals surface area (Å²) in [7, 11) is 0. The normalized spacial score (nSPS) is 8.07. The average Bonchev–Trinajstić information content (AvgIpc) is 2.33. The van der Waals surface area contributed by atoms with Gasteiger partial charge >= 0.3 is 0 Å². The summed E-state index contributed by atoms with van der Waals surface area (Å²) in [5.41, 5.74) is 0.965. The molecule has 0 fully saturated rings. The minimum atomic E-state index is 0. The standard InChI is InChI=1S/C7H8O.C6H6.BH3/c8-6-7-4-2-1-3-5-7;1-2-4-6-5-3-1;/h1-5,8H,6H2;1-6H;1H3. The molecule has 1 N–H and O–H groups in total. The highest BCUT2D eigenvalue weighted by Crippen LogP contribution is 1.95. The Bertz CT molecular complexity index is 294. The fourth-order valence-electron chi connectivity index (χ4n) is 0.968. The zero-order valence-electron chi connectivity index (χ0n) is 8.01. The molecule has 0 aromatic heterocycles. The van der Waals surface area contributed by atoms with E-state index in [1.807, 2.05) is 66.7 Å². The second-order valence-electron chi connectivity index (χ2n) is 2.80. The maximum atomic E-state index is 8.54. The zero-order valence-corrected chi connectivity index (χ0v) is 8.01. The van der Waals surface area contributed by atoms with Crippen LogP contribution in [0.4, 0.5) is 0 Å². The Morgan fingerprint density at radius 3 is 1.27 bits per heavy atom. The van der Waals surface area contributed by atoms with Crippen molar-refractivity contribution in [3.8, 4) is 0 Å². The first-order valence-electron chi connectivity index (χ1n) is 4.58. The number of hydrogen-bond acceptors (Lipinski definition) is 1. The van der Waals surface area contributed by atoms with E-state index in [1.54, 1.807) is 0 Å². The van der Waals surface area contributed by atoms with E-state index >= 15 is 0 Å². The van der Waals surface area contributed by atoms with Gasteiger partial charge in [-0.25, -0.2) is 0 Å². The lowest BCUT2D eigenvalue weighted by atomic mass is 10.2. The van der Waals surface area contributed by atoms with Crippen molar-refractivity contribution in [3.63, 3.8) is 0 Å². The Balaban J connectivity index is 0.000000253. The van der Waals surface area contributed by atoms with Gasteiger partial charge in [-0.15, -0.1) is 0 Å². The van der Waals surface area contributed by atoms with Gasteiger partial charge in [-0.2, -0.15) is 0 Å². The molecule has 0 heterocycles. The van der Waals surface area contributed by atoms with Crippen LogP contribution in [0.1, 0.15) is 5.56 Å². The predicted octanol–water partition coefficient (Wildman–Crippen LogP) is 1.68. The summed E-state index contributed by atoms with van der Waals surface area (Å²) in [6.45, 7) is 0.140. The Morgan fingerprint density at radius 1 is 0.667 bits per heavy atom. The molecular weight excluding hydrogens is 183 g/mol. The quantitative estimate of drug-likeness (QED) is 0.694. The molecule has 1 nitrogen and oxygen atoms in total. The van der Waals surface area contributed by atoms with E-state index in [9.17, 15) is 0 Å². The fraction of sp³-hybridized carbons (Fsp3) is 0.0769. The highest BCUT2D eigenvalue weighted by Gasteiger charge is 1.81. The summed E-state index contributed by atoms with van der Waals surface area (Å²) in [4.78, 5) is 0. The van der Waals surface area contributed by atoms with Crippen molar-refractivity contribution >= 4 is 8.41 Å². The van der Waals surface area contributed by atoms with Crippen LogP contribution in [0, 0.1) is 0 Å². The summed E-state index contributed by atoms with van der Waals surface area (Å²) in [5.74, 6) is 0. The number of benzene rings is 2. The first kappa shape index (κ1) is 13.5. The number of aliphatic hydroxyl groups excluding tert-OH is 1. The van der Waals surface area contributed by atoms with Crippen LogP contribution < -0.4 is 0 Å². The second-order valence-corrected chi connectivity index (χ2v) is 2.80. The summed E-state index contributed by atoms with van der Waals surface area (Å²) < 4.78 is 0. The van der Waals surface area contributed by atoms with Crippen LogP contribution in [0.25, 0.3) is 0 Å². The number of aliphatic hydroxyl groups is 1. The highest BCUT2D eigenvalue weighted by atomic mass is 16.3. The molecule has 0 atom stereocenters. The number of rotatable bonds is 1. The van der Waals surface area contributed by atoms with Gasteiger partial charge in [-0.3, -0.25) is 0 Å². The van der Waals surface area contributed by atoms with Crippen molar-refractivity contribution in [2.24, 2.45) is 0 Å². The summed E-state index contributed by atoms with van der Waals surface area (Å²) in [6.07, 6.45) is 0. The maximum absolute atomic E-state index is 8.54. The molecular formula is C13H17BO. The van der Waals surface area contributed by atoms with E-state index in [2.05, 4.69) is 0 Å². The summed E-state index contributed by atoms with van der Waals surface area (Å²) >= 11 is 0. The van der Waals surface area contributed by atoms with Crippen LogP contribution in [0.5, 0.6) is 0 Å². The third kappa shape index (κ3) is 6.52. The van der Waals surface area contributed by atoms with E-state index < -0.39 is 0 Å². The van der Waals surface area contributed by atoms with Crippen LogP contribution >= 0.6 is 0 Å². The van der Waals surface area contributed by atoms with Crippen LogP contribution in [-0.4, -0.2) is 13.5 Å². The molecule has 0 bridgehead atoms. The summed E-state index contributed by atoms with van der Waals surface area (Å²) in [5, 5.41) is 8.54. The van der Waals surface area contributed by atoms with Crippen molar-refractivity contribution in [2.75, 3.05) is 0 Å². The van der Waals surface area contributed by atoms with Crippen molar-refractivity contribution in [1.29, 1.82) is 0 Å². The smallest absolute Gasteiger partial charge is 0.0814 e. The van der Waals surface area contributed by atoms with E-state index in [0.29, 0.717) is 0 Å². The van der Waals surface area contributed by atoms with Gasteiger partial charge in [0, 0.05) is 0 Å². The zero-order chi connectivity index (χ0) is 10.1. The first-order valence-corrected chi connectivity index (χ1v) is 4.58. The van der Waals surface area contributed by atoms with E-state index in [1.165, 1.54) is 0 Å². The molecule has 0 aliphatic heterocycles. The molecule has 0 amide bonds. The van der Waals surface area contributed by atoms with E-state index in [4.69, 9.17) is 5.11 Å². The monoisotopic (exact) mass is 200 g/mol. The summed E-state index contributed by atoms with van der Waals surface area (Å²) in [6, 6.07) is 21.5. The van der Waals surface area contributed by atoms with Crippen LogP contribution in [0.3, 0.4) is 0 Å². The van der Waals surface area contributed by atoms with E-state index in [-0.39, 0.29) is 15.0 Å². The van der Waals surface area contributed by atoms with Gasteiger partial charge in [0.2, 0.25) is 0 Å². The minimum absolute atomic E-state index is 0. The molecule has 0 aliphatic carbocycles. The molecule has 0 radical (unpaired) electrons. The molecule has 0 saturated carbocycles. The van der Waals surface area contributed by atoms with Crippen LogP contribution in [-0.2, 0) is 6.61 Å². The molecule has 78 valence electrons. The molecule has 15 heavy (non-hydrogen) atoms. The van der Waals surface area contributed by atoms with Gasteiger partial charge in [-0.1, -0.05) is 66.7 Å². The molecule has 0 spiro atoms. The molecule has 0 aliphatic rings. The van der Waals surface area contributed by atoms with Crippen LogP contribution in [0.2, 0.25) is 0 Å². The van der Waals surface area contributed by atoms with Gasteiger partial charge in [0.25, 0.3) is 0 Å². The molecule has 0 saturated heterocycles. The van der Waals surface area contributed by atoms with Crippen LogP contribution in [0.15, 0.2) is 66.7 Å². The first-order chi connectivity index (χ1) is 6.93. The predicted molar refractivity (Wildman–Crippen MR) is 68.7 cm³/mol. The van der Waals surface area contributed by atoms with Crippen molar-refractivity contribution < 1.29 is 5.11 Å². The fourth-order valence-corrected chi connectivity index (χ4v) is 0.968. The van der Waals surface area contributed by atoms with Gasteiger partial charge in [0.1, 0.15) is 0 Å². The third-order valence-electron chi connectivity index (χ3n) is 1.69. The Labute approximate surface area is 93.0 Å². The average molecular weight is 200 g/mol. The Kier molecular flexibility index (Phi) is 8.11. The third-order valence-corrected chi connectivity index (χ3v) is 1.69. The van der Waals surface area contributed by atoms with Crippen molar-refractivity contribution in [3.05, 3.63) is 72.3 Å². The van der Waals surface area contributed by atoms with Gasteiger partial charge in [0.05, 0.1) is 15.0 Å². The lowest BCUT2D eigenvalue weighted by Gasteiger charge is -1.89. The second kappa shape index (κ2) is 9.04. The largest absolute Gasteiger partial charge is 0.392 e. The van der Waals surface area contributed by atoms with E-state index in [0.717, 1.165) is 5.56 Å². The lowest BCUT2D eigenvalue weighted by molar-refractivity contribution is 0.282. The Morgan fingerprint density at radius 2 is 1.00 bits per heavy atom. The number of hydrogen-bond donors (Lipinski definition) is 1. The van der Waals surface area contributed by atoms with Crippen molar-refractivity contribution in [2.45, 2.75) is 6.61 Å². The molecule has 2 rings (SSSR count). The molecule has 2 aromatic rings. The SMILES string of the molecule is B.OCc1ccccc1.c1ccccc1. The van der Waals surface area contributed by atoms with Gasteiger partial charge in [0.15, 0.2) is 0 Å². The molecule has 2 aromatic carbocycles. The maximum Gasteiger partial charge on any atom is 0.0814 e. The Hall–Kier alpha value is -1.54. The van der Waals surface area contributed by atoms with Gasteiger partial charge in [-0.05, 0) is 5.56 Å². The highest BCUT2D eigenvalue weighted by molar-refractivity contribution is 5.75. The molecule has 2 heteroatoms.